The molecule has 0 saturated heterocycles. The molecule has 1 N–H and O–H groups in total. The van der Waals surface area contributed by atoms with Gasteiger partial charge in [-0.25, -0.2) is 4.98 Å². The van der Waals surface area contributed by atoms with E-state index in [0.29, 0.717) is 11.6 Å². The normalized spacial score (nSPS) is 12.4. The van der Waals surface area contributed by atoms with E-state index in [-0.39, 0.29) is 0 Å². The predicted molar refractivity (Wildman–Crippen MR) is 73.7 cm³/mol. The first-order valence-electron chi connectivity index (χ1n) is 6.97. The number of hydrogen-bond donors (Lipinski definition) is 1. The molecule has 0 saturated carbocycles. The minimum absolute atomic E-state index is 0.466. The zero-order chi connectivity index (χ0) is 13.2. The van der Waals surface area contributed by atoms with Gasteiger partial charge in [0, 0.05) is 6.07 Å². The fourth-order valence-corrected chi connectivity index (χ4v) is 2.00. The number of pyridine rings is 1. The highest BCUT2D eigenvalue weighted by molar-refractivity contribution is 5.17. The van der Waals surface area contributed by atoms with Crippen LogP contribution < -0.4 is 4.74 Å². The number of ether oxygens (including phenoxy) is 1. The number of methoxy groups -OCH3 is 1. The van der Waals surface area contributed by atoms with E-state index >= 15 is 0 Å². The maximum absolute atomic E-state index is 10.0. The Morgan fingerprint density at radius 2 is 1.89 bits per heavy atom. The van der Waals surface area contributed by atoms with Crippen LogP contribution in [0, 0.1) is 0 Å². The van der Waals surface area contributed by atoms with E-state index in [2.05, 4.69) is 11.9 Å². The van der Waals surface area contributed by atoms with Gasteiger partial charge in [-0.2, -0.15) is 0 Å². The Hall–Kier alpha value is -1.09. The van der Waals surface area contributed by atoms with E-state index in [0.717, 1.165) is 12.8 Å². The predicted octanol–water partition coefficient (Wildman–Crippen LogP) is 3.87. The number of rotatable bonds is 9. The molecule has 0 aliphatic carbocycles. The largest absolute Gasteiger partial charge is 0.481 e. The summed E-state index contributed by atoms with van der Waals surface area (Å²) in [4.78, 5) is 4.25. The first-order chi connectivity index (χ1) is 8.77. The molecule has 3 nitrogen and oxygen atoms in total. The second kappa shape index (κ2) is 8.92. The molecular formula is C15H25NO2. The molecule has 1 aromatic rings. The fourth-order valence-electron chi connectivity index (χ4n) is 2.00. The first kappa shape index (κ1) is 15.0. The third-order valence-corrected chi connectivity index (χ3v) is 3.13. The lowest BCUT2D eigenvalue weighted by molar-refractivity contribution is 0.157. The molecule has 3 heteroatoms. The summed E-state index contributed by atoms with van der Waals surface area (Å²) in [5, 5.41) is 10.0. The van der Waals surface area contributed by atoms with Crippen LogP contribution in [0.3, 0.4) is 0 Å². The summed E-state index contributed by atoms with van der Waals surface area (Å²) >= 11 is 0. The van der Waals surface area contributed by atoms with Gasteiger partial charge in [-0.15, -0.1) is 0 Å². The second-order valence-electron chi connectivity index (χ2n) is 4.68. The number of unbranched alkanes of at least 4 members (excludes halogenated alkanes) is 5. The molecule has 0 aromatic carbocycles. The van der Waals surface area contributed by atoms with Crippen LogP contribution in [-0.4, -0.2) is 17.2 Å². The Bertz CT molecular complexity index is 328. The summed E-state index contributed by atoms with van der Waals surface area (Å²) < 4.78 is 5.05. The van der Waals surface area contributed by atoms with E-state index in [1.54, 1.807) is 13.2 Å². The van der Waals surface area contributed by atoms with Gasteiger partial charge in [0.2, 0.25) is 5.88 Å². The number of nitrogens with zero attached hydrogens (tertiary/aromatic N) is 1. The van der Waals surface area contributed by atoms with Gasteiger partial charge in [0.05, 0.1) is 18.9 Å². The minimum Gasteiger partial charge on any atom is -0.481 e. The van der Waals surface area contributed by atoms with Crippen LogP contribution in [0.5, 0.6) is 5.88 Å². The van der Waals surface area contributed by atoms with Gasteiger partial charge in [-0.3, -0.25) is 0 Å². The molecule has 0 aliphatic heterocycles. The fraction of sp³-hybridized carbons (Fsp3) is 0.667. The Kier molecular flexibility index (Phi) is 7.42. The van der Waals surface area contributed by atoms with Crippen molar-refractivity contribution in [2.45, 2.75) is 58.0 Å². The molecule has 18 heavy (non-hydrogen) atoms. The maximum atomic E-state index is 10.0. The number of aliphatic hydroxyl groups excluding tert-OH is 1. The highest BCUT2D eigenvalue weighted by Crippen LogP contribution is 2.20. The van der Waals surface area contributed by atoms with Crippen molar-refractivity contribution >= 4 is 0 Å². The van der Waals surface area contributed by atoms with Crippen LogP contribution in [0.1, 0.15) is 63.7 Å². The lowest BCUT2D eigenvalue weighted by Crippen LogP contribution is -2.01. The summed E-state index contributed by atoms with van der Waals surface area (Å²) in [6, 6.07) is 5.51. The van der Waals surface area contributed by atoms with Crippen LogP contribution in [0.15, 0.2) is 18.2 Å². The third-order valence-electron chi connectivity index (χ3n) is 3.13. The summed E-state index contributed by atoms with van der Waals surface area (Å²) in [7, 11) is 1.59. The molecule has 0 bridgehead atoms. The molecule has 0 spiro atoms. The zero-order valence-corrected chi connectivity index (χ0v) is 11.6. The van der Waals surface area contributed by atoms with Crippen LogP contribution in [0.4, 0.5) is 0 Å². The summed E-state index contributed by atoms with van der Waals surface area (Å²) in [6.07, 6.45) is 7.75. The molecule has 0 amide bonds. The molecule has 0 aliphatic rings. The summed E-state index contributed by atoms with van der Waals surface area (Å²) in [6.45, 7) is 2.22. The molecule has 102 valence electrons. The third kappa shape index (κ3) is 5.50. The highest BCUT2D eigenvalue weighted by atomic mass is 16.5. The molecule has 0 fully saturated rings. The van der Waals surface area contributed by atoms with Crippen molar-refractivity contribution in [2.75, 3.05) is 7.11 Å². The van der Waals surface area contributed by atoms with Gasteiger partial charge >= 0.3 is 0 Å². The van der Waals surface area contributed by atoms with Gasteiger partial charge in [-0.1, -0.05) is 51.5 Å². The summed E-state index contributed by atoms with van der Waals surface area (Å²) in [5.41, 5.74) is 0.711. The lowest BCUT2D eigenvalue weighted by atomic mass is 10.1. The second-order valence-corrected chi connectivity index (χ2v) is 4.68. The summed E-state index contributed by atoms with van der Waals surface area (Å²) in [5.74, 6) is 0.564. The van der Waals surface area contributed by atoms with Gasteiger partial charge in [-0.05, 0) is 12.5 Å². The zero-order valence-electron chi connectivity index (χ0n) is 11.6. The van der Waals surface area contributed by atoms with Crippen molar-refractivity contribution in [3.63, 3.8) is 0 Å². The quantitative estimate of drug-likeness (QED) is 0.677. The molecule has 1 unspecified atom stereocenters. The standard InChI is InChI=1S/C15H25NO2/c1-3-4-5-6-7-8-11-14(17)13-10-9-12-15(16-13)18-2/h9-10,12,14,17H,3-8,11H2,1-2H3. The molecule has 0 radical (unpaired) electrons. The maximum Gasteiger partial charge on any atom is 0.213 e. The average molecular weight is 251 g/mol. The van der Waals surface area contributed by atoms with Crippen molar-refractivity contribution in [1.29, 1.82) is 0 Å². The van der Waals surface area contributed by atoms with E-state index in [1.807, 2.05) is 12.1 Å². The van der Waals surface area contributed by atoms with Gasteiger partial charge < -0.3 is 9.84 Å². The molecule has 1 heterocycles. The Balaban J connectivity index is 2.25. The Labute approximate surface area is 110 Å². The van der Waals surface area contributed by atoms with Crippen molar-refractivity contribution in [2.24, 2.45) is 0 Å². The molecule has 1 aromatic heterocycles. The molecule has 1 atom stereocenters. The van der Waals surface area contributed by atoms with Crippen LogP contribution >= 0.6 is 0 Å². The van der Waals surface area contributed by atoms with E-state index < -0.39 is 6.10 Å². The molecule has 1 rings (SSSR count). The SMILES string of the molecule is CCCCCCCCC(O)c1cccc(OC)n1. The van der Waals surface area contributed by atoms with E-state index in [9.17, 15) is 5.11 Å². The van der Waals surface area contributed by atoms with Crippen LogP contribution in [0.25, 0.3) is 0 Å². The smallest absolute Gasteiger partial charge is 0.213 e. The first-order valence-corrected chi connectivity index (χ1v) is 6.97. The average Bonchev–Trinajstić information content (AvgIpc) is 2.42. The van der Waals surface area contributed by atoms with E-state index in [4.69, 9.17) is 4.74 Å². The Morgan fingerprint density at radius 3 is 2.61 bits per heavy atom. The topological polar surface area (TPSA) is 42.4 Å². The lowest BCUT2D eigenvalue weighted by Gasteiger charge is -2.10. The van der Waals surface area contributed by atoms with Crippen molar-refractivity contribution in [1.82, 2.24) is 4.98 Å². The van der Waals surface area contributed by atoms with Crippen LogP contribution in [0.2, 0.25) is 0 Å². The van der Waals surface area contributed by atoms with E-state index in [1.165, 1.54) is 32.1 Å². The van der Waals surface area contributed by atoms with Gasteiger partial charge in [0.25, 0.3) is 0 Å². The number of aromatic nitrogens is 1. The van der Waals surface area contributed by atoms with Crippen molar-refractivity contribution < 1.29 is 9.84 Å². The molecular weight excluding hydrogens is 226 g/mol. The van der Waals surface area contributed by atoms with Gasteiger partial charge in [0.1, 0.15) is 0 Å². The van der Waals surface area contributed by atoms with Crippen molar-refractivity contribution in [3.05, 3.63) is 23.9 Å². The minimum atomic E-state index is -0.466. The van der Waals surface area contributed by atoms with Gasteiger partial charge in [0.15, 0.2) is 0 Å². The highest BCUT2D eigenvalue weighted by Gasteiger charge is 2.09. The number of hydrogen-bond acceptors (Lipinski definition) is 3. The van der Waals surface area contributed by atoms with Crippen LogP contribution in [-0.2, 0) is 0 Å². The monoisotopic (exact) mass is 251 g/mol. The number of aliphatic hydroxyl groups is 1. The Morgan fingerprint density at radius 1 is 1.17 bits per heavy atom. The van der Waals surface area contributed by atoms with Crippen molar-refractivity contribution in [3.8, 4) is 5.88 Å².